The fourth-order valence-corrected chi connectivity index (χ4v) is 3.87. The number of carbonyl (C=O) groups excluding carboxylic acids is 1. The normalized spacial score (nSPS) is 10.7. The van der Waals surface area contributed by atoms with Crippen LogP contribution in [0.3, 0.4) is 0 Å². The standard InChI is InChI=1S/C16H12ClN3O3S.C10H14.Na.H/c1-10-18-14-7-6-11(16(21)19-24(22)23)8-15(14)20(10)9-12-4-2-3-5-13(12)17;1-10(2,3)9-7-5-4-6-8-9;;/h2-8H,9H2,1H3;4-8H,1-3H3;;/q;;+1;-1. The summed E-state index contributed by atoms with van der Waals surface area (Å²) in [5.74, 6) is -0.0489. The molecule has 35 heavy (non-hydrogen) atoms. The first-order valence-corrected chi connectivity index (χ1v) is 12.1. The van der Waals surface area contributed by atoms with Crippen LogP contribution in [0.25, 0.3) is 11.0 Å². The second-order valence-corrected chi connectivity index (χ2v) is 9.79. The summed E-state index contributed by atoms with van der Waals surface area (Å²) in [6.07, 6.45) is 0. The number of halogens is 1. The molecule has 6 nitrogen and oxygen atoms in total. The van der Waals surface area contributed by atoms with Crippen molar-refractivity contribution in [2.45, 2.75) is 39.7 Å². The molecule has 9 heteroatoms. The molecule has 0 atom stereocenters. The minimum Gasteiger partial charge on any atom is -1.00 e. The van der Waals surface area contributed by atoms with Crippen LogP contribution in [-0.2, 0) is 22.5 Å². The Balaban J connectivity index is 0.000000459. The van der Waals surface area contributed by atoms with E-state index in [1.807, 2.05) is 35.8 Å². The molecule has 0 saturated heterocycles. The summed E-state index contributed by atoms with van der Waals surface area (Å²) in [5, 5.41) is 0.641. The Morgan fingerprint density at radius 3 is 2.23 bits per heavy atom. The van der Waals surface area contributed by atoms with E-state index in [1.165, 1.54) is 11.6 Å². The minimum atomic E-state index is -2.78. The molecule has 178 valence electrons. The van der Waals surface area contributed by atoms with Gasteiger partial charge in [0.2, 0.25) is 0 Å². The van der Waals surface area contributed by atoms with Crippen molar-refractivity contribution in [3.63, 3.8) is 0 Å². The van der Waals surface area contributed by atoms with Crippen LogP contribution in [0.5, 0.6) is 0 Å². The number of fused-ring (bicyclic) bond motifs is 1. The number of hydrogen-bond acceptors (Lipinski definition) is 4. The quantitative estimate of drug-likeness (QED) is 0.389. The van der Waals surface area contributed by atoms with Crippen molar-refractivity contribution < 1.29 is 44.2 Å². The maximum atomic E-state index is 11.8. The molecule has 0 fully saturated rings. The van der Waals surface area contributed by atoms with Gasteiger partial charge in [-0.05, 0) is 47.7 Å². The largest absolute Gasteiger partial charge is 1.00 e. The molecule has 0 radical (unpaired) electrons. The van der Waals surface area contributed by atoms with Crippen molar-refractivity contribution in [3.8, 4) is 0 Å². The van der Waals surface area contributed by atoms with Gasteiger partial charge in [-0.3, -0.25) is 4.79 Å². The Morgan fingerprint density at radius 2 is 1.66 bits per heavy atom. The van der Waals surface area contributed by atoms with Crippen LogP contribution in [0.15, 0.2) is 77.2 Å². The van der Waals surface area contributed by atoms with Crippen LogP contribution < -0.4 is 29.6 Å². The Hall–Kier alpha value is -2.29. The maximum Gasteiger partial charge on any atom is 1.00 e. The summed E-state index contributed by atoms with van der Waals surface area (Å²) < 4.78 is 26.1. The molecule has 1 aromatic heterocycles. The van der Waals surface area contributed by atoms with Crippen LogP contribution in [0, 0.1) is 6.92 Å². The molecule has 0 unspecified atom stereocenters. The summed E-state index contributed by atoms with van der Waals surface area (Å²) in [4.78, 5) is 16.3. The number of nitrogens with zero attached hydrogens (tertiary/aromatic N) is 3. The van der Waals surface area contributed by atoms with Gasteiger partial charge in [0, 0.05) is 10.6 Å². The van der Waals surface area contributed by atoms with E-state index in [-0.39, 0.29) is 36.5 Å². The average molecular weight is 520 g/mol. The van der Waals surface area contributed by atoms with E-state index in [0.29, 0.717) is 28.0 Å². The van der Waals surface area contributed by atoms with E-state index >= 15 is 0 Å². The van der Waals surface area contributed by atoms with Crippen molar-refractivity contribution in [1.82, 2.24) is 9.55 Å². The summed E-state index contributed by atoms with van der Waals surface area (Å²) in [5.41, 5.74) is 4.22. The molecule has 0 aliphatic carbocycles. The van der Waals surface area contributed by atoms with Crippen LogP contribution in [-0.4, -0.2) is 23.9 Å². The van der Waals surface area contributed by atoms with Crippen molar-refractivity contribution >= 4 is 39.0 Å². The van der Waals surface area contributed by atoms with Crippen molar-refractivity contribution in [3.05, 3.63) is 100 Å². The second-order valence-electron chi connectivity index (χ2n) is 8.77. The molecule has 3 aromatic carbocycles. The van der Waals surface area contributed by atoms with Gasteiger partial charge in [0.15, 0.2) is 0 Å². The summed E-state index contributed by atoms with van der Waals surface area (Å²) >= 11 is 6.21. The smallest absolute Gasteiger partial charge is 1.00 e. The van der Waals surface area contributed by atoms with Gasteiger partial charge in [-0.1, -0.05) is 85.3 Å². The van der Waals surface area contributed by atoms with Crippen LogP contribution >= 0.6 is 11.6 Å². The van der Waals surface area contributed by atoms with E-state index in [0.717, 1.165) is 11.4 Å². The molecular weight excluding hydrogens is 493 g/mol. The third-order valence-corrected chi connectivity index (χ3v) is 5.95. The number of amides is 1. The summed E-state index contributed by atoms with van der Waals surface area (Å²) in [6, 6.07) is 22.8. The van der Waals surface area contributed by atoms with Gasteiger partial charge in [-0.25, -0.2) is 4.98 Å². The summed E-state index contributed by atoms with van der Waals surface area (Å²) in [7, 11) is -2.78. The maximum absolute atomic E-state index is 11.8. The third kappa shape index (κ3) is 7.85. The minimum absolute atomic E-state index is 0. The third-order valence-electron chi connectivity index (χ3n) is 5.27. The van der Waals surface area contributed by atoms with Crippen molar-refractivity contribution in [2.75, 3.05) is 0 Å². The number of rotatable bonds is 3. The van der Waals surface area contributed by atoms with E-state index < -0.39 is 16.4 Å². The van der Waals surface area contributed by atoms with Gasteiger partial charge in [-0.15, -0.1) is 0 Å². The first-order valence-electron chi connectivity index (χ1n) is 10.7. The number of aromatic nitrogens is 2. The van der Waals surface area contributed by atoms with Gasteiger partial charge in [0.25, 0.3) is 5.91 Å². The monoisotopic (exact) mass is 519 g/mol. The Kier molecular flexibility index (Phi) is 10.4. The van der Waals surface area contributed by atoms with Gasteiger partial charge >= 0.3 is 40.1 Å². The Morgan fingerprint density at radius 1 is 1.03 bits per heavy atom. The predicted molar refractivity (Wildman–Crippen MR) is 137 cm³/mol. The fourth-order valence-electron chi connectivity index (χ4n) is 3.43. The topological polar surface area (TPSA) is 81.4 Å². The molecular formula is C26H27ClN3NaO3S. The van der Waals surface area contributed by atoms with E-state index in [4.69, 9.17) is 11.6 Å². The molecule has 0 N–H and O–H groups in total. The van der Waals surface area contributed by atoms with Gasteiger partial charge < -0.3 is 5.99 Å². The second kappa shape index (κ2) is 12.6. The first-order chi connectivity index (χ1) is 16.1. The van der Waals surface area contributed by atoms with Crippen LogP contribution in [0.1, 0.15) is 49.5 Å². The molecule has 1 heterocycles. The molecule has 0 saturated carbocycles. The first kappa shape index (κ1) is 28.9. The zero-order valence-corrected chi connectivity index (χ0v) is 24.1. The number of imidazole rings is 1. The van der Waals surface area contributed by atoms with Gasteiger partial charge in [0.05, 0.1) is 17.6 Å². The Labute approximate surface area is 235 Å². The van der Waals surface area contributed by atoms with E-state index in [9.17, 15) is 13.2 Å². The summed E-state index contributed by atoms with van der Waals surface area (Å²) in [6.45, 7) is 9.02. The van der Waals surface area contributed by atoms with Crippen LogP contribution in [0.4, 0.5) is 0 Å². The molecule has 4 aromatic rings. The van der Waals surface area contributed by atoms with Gasteiger partial charge in [-0.2, -0.15) is 8.42 Å². The number of carbonyl (C=O) groups is 1. The van der Waals surface area contributed by atoms with Crippen molar-refractivity contribution in [2.24, 2.45) is 4.36 Å². The SMILES string of the molecule is CC(C)(C)c1ccccc1.Cc1nc2ccc(C(=O)N=S(=O)=O)cc2n1Cc1ccccc1Cl.[H-].[Na+]. The predicted octanol–water partition coefficient (Wildman–Crippen LogP) is 3.35. The van der Waals surface area contributed by atoms with Gasteiger partial charge in [0.1, 0.15) is 5.82 Å². The van der Waals surface area contributed by atoms with E-state index in [2.05, 4.69) is 60.4 Å². The number of aryl methyl sites for hydroxylation is 1. The average Bonchev–Trinajstić information content (AvgIpc) is 3.09. The molecule has 0 aliphatic heterocycles. The fraction of sp³-hybridized carbons (Fsp3) is 0.231. The Bertz CT molecular complexity index is 1460. The zero-order chi connectivity index (χ0) is 24.9. The number of hydrogen-bond donors (Lipinski definition) is 0. The van der Waals surface area contributed by atoms with Crippen LogP contribution in [0.2, 0.25) is 5.02 Å². The van der Waals surface area contributed by atoms with Crippen molar-refractivity contribution in [1.29, 1.82) is 0 Å². The molecule has 0 aliphatic rings. The molecule has 0 bridgehead atoms. The number of benzene rings is 3. The zero-order valence-electron chi connectivity index (χ0n) is 21.5. The molecule has 4 rings (SSSR count). The molecule has 0 spiro atoms. The molecule has 1 amide bonds. The van der Waals surface area contributed by atoms with E-state index in [1.54, 1.807) is 12.1 Å².